The molecule has 0 saturated heterocycles. The standard InChI is InChI=1S/C21H20ClN3O2/c1-14-3-4-17(12-24-14)20-19(11-18(22)13-25-20)15-5-7-16(8-6-15)21(27)23-9-2-10-26/h3-8,11-13,26H,2,9-10H2,1H3,(H,23,27). The Morgan fingerprint density at radius 1 is 1.07 bits per heavy atom. The average Bonchev–Trinajstić information content (AvgIpc) is 2.69. The summed E-state index contributed by atoms with van der Waals surface area (Å²) in [6, 6.07) is 13.1. The fraction of sp³-hybridized carbons (Fsp3) is 0.190. The van der Waals surface area contributed by atoms with Crippen molar-refractivity contribution in [2.45, 2.75) is 13.3 Å². The molecule has 0 bridgehead atoms. The number of hydrogen-bond donors (Lipinski definition) is 2. The van der Waals surface area contributed by atoms with Crippen LogP contribution in [0.1, 0.15) is 22.5 Å². The van der Waals surface area contributed by atoms with Crippen molar-refractivity contribution in [3.05, 3.63) is 71.1 Å². The number of carbonyl (C=O) groups excluding carboxylic acids is 1. The lowest BCUT2D eigenvalue weighted by molar-refractivity contribution is 0.0951. The van der Waals surface area contributed by atoms with Gasteiger partial charge in [-0.2, -0.15) is 0 Å². The minimum Gasteiger partial charge on any atom is -0.396 e. The molecule has 0 radical (unpaired) electrons. The zero-order chi connectivity index (χ0) is 19.2. The van der Waals surface area contributed by atoms with Crippen LogP contribution in [0, 0.1) is 6.92 Å². The van der Waals surface area contributed by atoms with Gasteiger partial charge in [-0.15, -0.1) is 0 Å². The molecule has 6 heteroatoms. The lowest BCUT2D eigenvalue weighted by Crippen LogP contribution is -2.24. The van der Waals surface area contributed by atoms with Crippen molar-refractivity contribution in [2.75, 3.05) is 13.2 Å². The maximum absolute atomic E-state index is 12.1. The summed E-state index contributed by atoms with van der Waals surface area (Å²) >= 11 is 6.17. The predicted octanol–water partition coefficient (Wildman–Crippen LogP) is 3.88. The van der Waals surface area contributed by atoms with E-state index in [-0.39, 0.29) is 12.5 Å². The van der Waals surface area contributed by atoms with E-state index < -0.39 is 0 Å². The molecule has 0 fully saturated rings. The summed E-state index contributed by atoms with van der Waals surface area (Å²) in [7, 11) is 0. The summed E-state index contributed by atoms with van der Waals surface area (Å²) in [5.74, 6) is -0.165. The SMILES string of the molecule is Cc1ccc(-c2ncc(Cl)cc2-c2ccc(C(=O)NCCCO)cc2)cn1. The van der Waals surface area contributed by atoms with Gasteiger partial charge in [-0.3, -0.25) is 14.8 Å². The number of aromatic nitrogens is 2. The van der Waals surface area contributed by atoms with Gasteiger partial charge in [-0.25, -0.2) is 0 Å². The van der Waals surface area contributed by atoms with E-state index in [0.717, 1.165) is 28.1 Å². The molecule has 0 unspecified atom stereocenters. The van der Waals surface area contributed by atoms with Gasteiger partial charge < -0.3 is 10.4 Å². The second kappa shape index (κ2) is 8.75. The van der Waals surface area contributed by atoms with Gasteiger partial charge in [0, 0.05) is 47.9 Å². The lowest BCUT2D eigenvalue weighted by atomic mass is 9.99. The van der Waals surface area contributed by atoms with Crippen LogP contribution in [0.15, 0.2) is 54.9 Å². The number of nitrogens with one attached hydrogen (secondary N) is 1. The number of benzene rings is 1. The molecule has 1 amide bonds. The van der Waals surface area contributed by atoms with Crippen molar-refractivity contribution in [3.8, 4) is 22.4 Å². The molecule has 27 heavy (non-hydrogen) atoms. The smallest absolute Gasteiger partial charge is 0.251 e. The monoisotopic (exact) mass is 381 g/mol. The molecule has 0 spiro atoms. The highest BCUT2D eigenvalue weighted by Crippen LogP contribution is 2.32. The van der Waals surface area contributed by atoms with E-state index in [1.807, 2.05) is 37.3 Å². The Morgan fingerprint density at radius 2 is 1.81 bits per heavy atom. The first-order valence-corrected chi connectivity index (χ1v) is 9.04. The number of nitrogens with zero attached hydrogens (tertiary/aromatic N) is 2. The molecule has 0 saturated carbocycles. The number of halogens is 1. The Hall–Kier alpha value is -2.76. The van der Waals surface area contributed by atoms with Crippen LogP contribution in [-0.4, -0.2) is 34.1 Å². The van der Waals surface area contributed by atoms with E-state index in [1.54, 1.807) is 24.5 Å². The van der Waals surface area contributed by atoms with Gasteiger partial charge >= 0.3 is 0 Å². The highest BCUT2D eigenvalue weighted by Gasteiger charge is 2.12. The highest BCUT2D eigenvalue weighted by molar-refractivity contribution is 6.30. The van der Waals surface area contributed by atoms with E-state index in [4.69, 9.17) is 16.7 Å². The summed E-state index contributed by atoms with van der Waals surface area (Å²) in [5, 5.41) is 12.1. The van der Waals surface area contributed by atoms with Crippen LogP contribution in [0.4, 0.5) is 0 Å². The van der Waals surface area contributed by atoms with Crippen molar-refractivity contribution in [1.29, 1.82) is 0 Å². The predicted molar refractivity (Wildman–Crippen MR) is 107 cm³/mol. The lowest BCUT2D eigenvalue weighted by Gasteiger charge is -2.11. The van der Waals surface area contributed by atoms with Crippen LogP contribution >= 0.6 is 11.6 Å². The van der Waals surface area contributed by atoms with Crippen molar-refractivity contribution in [3.63, 3.8) is 0 Å². The van der Waals surface area contributed by atoms with Crippen molar-refractivity contribution in [2.24, 2.45) is 0 Å². The second-order valence-corrected chi connectivity index (χ2v) is 6.58. The number of aliphatic hydroxyl groups is 1. The van der Waals surface area contributed by atoms with Crippen LogP contribution in [0.5, 0.6) is 0 Å². The largest absolute Gasteiger partial charge is 0.396 e. The molecule has 2 aromatic heterocycles. The molecule has 138 valence electrons. The number of rotatable bonds is 6. The van der Waals surface area contributed by atoms with Gasteiger partial charge in [-0.05, 0) is 49.2 Å². The third-order valence-electron chi connectivity index (χ3n) is 4.12. The summed E-state index contributed by atoms with van der Waals surface area (Å²) in [6.45, 7) is 2.43. The molecule has 2 N–H and O–H groups in total. The van der Waals surface area contributed by atoms with Gasteiger partial charge in [0.05, 0.1) is 10.7 Å². The maximum Gasteiger partial charge on any atom is 0.251 e. The third kappa shape index (κ3) is 4.70. The third-order valence-corrected chi connectivity index (χ3v) is 4.32. The Morgan fingerprint density at radius 3 is 2.48 bits per heavy atom. The van der Waals surface area contributed by atoms with Gasteiger partial charge in [0.2, 0.25) is 0 Å². The number of carbonyl (C=O) groups is 1. The average molecular weight is 382 g/mol. The number of pyridine rings is 2. The molecule has 0 aliphatic rings. The molecule has 1 aromatic carbocycles. The van der Waals surface area contributed by atoms with E-state index in [2.05, 4.69) is 15.3 Å². The van der Waals surface area contributed by atoms with Crippen molar-refractivity contribution < 1.29 is 9.90 Å². The van der Waals surface area contributed by atoms with E-state index >= 15 is 0 Å². The van der Waals surface area contributed by atoms with Crippen LogP contribution in [0.2, 0.25) is 5.02 Å². The van der Waals surface area contributed by atoms with E-state index in [1.165, 1.54) is 0 Å². The molecule has 5 nitrogen and oxygen atoms in total. The van der Waals surface area contributed by atoms with Gasteiger partial charge in [0.1, 0.15) is 0 Å². The molecular formula is C21H20ClN3O2. The first kappa shape index (κ1) is 19.0. The molecule has 0 aliphatic heterocycles. The van der Waals surface area contributed by atoms with Gasteiger partial charge in [-0.1, -0.05) is 23.7 Å². The van der Waals surface area contributed by atoms with E-state index in [9.17, 15) is 4.79 Å². The number of amides is 1. The number of aryl methyl sites for hydroxylation is 1. The van der Waals surface area contributed by atoms with Gasteiger partial charge in [0.15, 0.2) is 0 Å². The van der Waals surface area contributed by atoms with Gasteiger partial charge in [0.25, 0.3) is 5.91 Å². The molecule has 2 heterocycles. The number of hydrogen-bond acceptors (Lipinski definition) is 4. The Labute approximate surface area is 163 Å². The van der Waals surface area contributed by atoms with Crippen molar-refractivity contribution >= 4 is 17.5 Å². The Balaban J connectivity index is 1.91. The first-order valence-electron chi connectivity index (χ1n) is 8.66. The second-order valence-electron chi connectivity index (χ2n) is 6.15. The zero-order valence-electron chi connectivity index (χ0n) is 14.9. The summed E-state index contributed by atoms with van der Waals surface area (Å²) < 4.78 is 0. The molecule has 3 rings (SSSR count). The quantitative estimate of drug-likeness (QED) is 0.635. The normalized spacial score (nSPS) is 10.6. The van der Waals surface area contributed by atoms with Crippen LogP contribution < -0.4 is 5.32 Å². The minimum absolute atomic E-state index is 0.0532. The molecule has 0 atom stereocenters. The highest BCUT2D eigenvalue weighted by atomic mass is 35.5. The fourth-order valence-corrected chi connectivity index (χ4v) is 2.84. The molecular weight excluding hydrogens is 362 g/mol. The topological polar surface area (TPSA) is 75.1 Å². The maximum atomic E-state index is 12.1. The number of aliphatic hydroxyl groups excluding tert-OH is 1. The molecule has 0 aliphatic carbocycles. The first-order chi connectivity index (χ1) is 13.1. The Bertz CT molecular complexity index is 925. The summed E-state index contributed by atoms with van der Waals surface area (Å²) in [5.41, 5.74) is 4.97. The van der Waals surface area contributed by atoms with Crippen molar-refractivity contribution in [1.82, 2.24) is 15.3 Å². The van der Waals surface area contributed by atoms with E-state index in [0.29, 0.717) is 23.6 Å². The van der Waals surface area contributed by atoms with Crippen LogP contribution in [0.3, 0.4) is 0 Å². The molecule has 3 aromatic rings. The minimum atomic E-state index is -0.165. The Kier molecular flexibility index (Phi) is 6.16. The van der Waals surface area contributed by atoms with Crippen LogP contribution in [0.25, 0.3) is 22.4 Å². The van der Waals surface area contributed by atoms with Crippen LogP contribution in [-0.2, 0) is 0 Å². The summed E-state index contributed by atoms with van der Waals surface area (Å²) in [6.07, 6.45) is 3.94. The summed E-state index contributed by atoms with van der Waals surface area (Å²) in [4.78, 5) is 20.9. The zero-order valence-corrected chi connectivity index (χ0v) is 15.7. The fourth-order valence-electron chi connectivity index (χ4n) is 2.68.